The highest BCUT2D eigenvalue weighted by molar-refractivity contribution is 5.94. The maximum absolute atomic E-state index is 2.58. The molecule has 0 N–H and O–H groups in total. The summed E-state index contributed by atoms with van der Waals surface area (Å²) in [6.45, 7) is 32.9. The molecule has 2 aliphatic carbocycles. The molecule has 0 saturated heterocycles. The fraction of sp³-hybridized carbons (Fsp3) is 0.364. The Balaban J connectivity index is 1.13. The lowest BCUT2D eigenvalue weighted by molar-refractivity contribution is 0.647. The zero-order valence-electron chi connectivity index (χ0n) is 43.7. The fourth-order valence-electron chi connectivity index (χ4n) is 11.7. The first-order chi connectivity index (χ1) is 32.3. The van der Waals surface area contributed by atoms with Gasteiger partial charge in [0.15, 0.2) is 0 Å². The summed E-state index contributed by atoms with van der Waals surface area (Å²) in [4.78, 5) is 4.96. The molecule has 2 aliphatic rings. The van der Waals surface area contributed by atoms with Crippen molar-refractivity contribution in [2.24, 2.45) is 23.7 Å². The van der Waals surface area contributed by atoms with E-state index in [2.05, 4.69) is 240 Å². The van der Waals surface area contributed by atoms with Crippen LogP contribution in [0, 0.1) is 37.5 Å². The Hall–Kier alpha value is -5.86. The summed E-state index contributed by atoms with van der Waals surface area (Å²) in [7, 11) is 0. The normalized spacial score (nSPS) is 14.1. The van der Waals surface area contributed by atoms with Gasteiger partial charge in [-0.15, -0.1) is 0 Å². The van der Waals surface area contributed by atoms with Crippen molar-refractivity contribution >= 4 is 34.1 Å². The van der Waals surface area contributed by atoms with Gasteiger partial charge in [0.2, 0.25) is 0 Å². The quantitative estimate of drug-likeness (QED) is 0.107. The van der Waals surface area contributed by atoms with Crippen LogP contribution in [0.4, 0.5) is 34.1 Å². The first-order valence-corrected chi connectivity index (χ1v) is 25.8. The molecular formula is C66H76N2. The van der Waals surface area contributed by atoms with E-state index < -0.39 is 0 Å². The molecule has 68 heavy (non-hydrogen) atoms. The summed E-state index contributed by atoms with van der Waals surface area (Å²) in [5.74, 6) is 2.47. The van der Waals surface area contributed by atoms with Gasteiger partial charge < -0.3 is 9.80 Å². The molecule has 9 rings (SSSR count). The van der Waals surface area contributed by atoms with Crippen molar-refractivity contribution in [2.75, 3.05) is 9.80 Å². The molecule has 7 aromatic carbocycles. The first-order valence-electron chi connectivity index (χ1n) is 25.8. The van der Waals surface area contributed by atoms with Crippen molar-refractivity contribution < 1.29 is 0 Å². The Morgan fingerprint density at radius 2 is 0.574 bits per heavy atom. The van der Waals surface area contributed by atoms with Crippen LogP contribution < -0.4 is 9.80 Å². The van der Waals surface area contributed by atoms with Crippen LogP contribution in [0.3, 0.4) is 0 Å². The van der Waals surface area contributed by atoms with E-state index in [1.807, 2.05) is 0 Å². The molecule has 2 heteroatoms. The molecule has 350 valence electrons. The third-order valence-electron chi connectivity index (χ3n) is 14.9. The Kier molecular flexibility index (Phi) is 12.7. The molecule has 0 amide bonds. The maximum atomic E-state index is 2.58. The van der Waals surface area contributed by atoms with Gasteiger partial charge in [0, 0.05) is 45.0 Å². The monoisotopic (exact) mass is 897 g/mol. The van der Waals surface area contributed by atoms with E-state index in [1.54, 1.807) is 0 Å². The number of benzene rings is 7. The van der Waals surface area contributed by atoms with E-state index in [1.165, 1.54) is 112 Å². The lowest BCUT2D eigenvalue weighted by Gasteiger charge is -2.29. The smallest absolute Gasteiger partial charge is 0.0467 e. The molecule has 0 saturated carbocycles. The molecule has 0 aliphatic heterocycles. The molecule has 0 spiro atoms. The van der Waals surface area contributed by atoms with Crippen molar-refractivity contribution in [3.05, 3.63) is 189 Å². The topological polar surface area (TPSA) is 6.48 Å². The minimum Gasteiger partial charge on any atom is -0.310 e. The van der Waals surface area contributed by atoms with Gasteiger partial charge in [-0.1, -0.05) is 132 Å². The summed E-state index contributed by atoms with van der Waals surface area (Å²) < 4.78 is 0. The highest BCUT2D eigenvalue weighted by Crippen LogP contribution is 2.59. The number of fused-ring (bicyclic) bond motifs is 6. The molecule has 0 heterocycles. The van der Waals surface area contributed by atoms with E-state index in [4.69, 9.17) is 0 Å². The van der Waals surface area contributed by atoms with Crippen molar-refractivity contribution in [1.29, 1.82) is 0 Å². The highest BCUT2D eigenvalue weighted by Gasteiger charge is 2.43. The van der Waals surface area contributed by atoms with Crippen molar-refractivity contribution in [3.8, 4) is 22.3 Å². The number of rotatable bonds is 14. The molecule has 0 aromatic heterocycles. The Morgan fingerprint density at radius 1 is 0.324 bits per heavy atom. The molecular weight excluding hydrogens is 821 g/mol. The zero-order chi connectivity index (χ0) is 48.4. The molecule has 0 unspecified atom stereocenters. The van der Waals surface area contributed by atoms with Crippen LogP contribution in [0.5, 0.6) is 0 Å². The largest absolute Gasteiger partial charge is 0.310 e. The number of hydrogen-bond acceptors (Lipinski definition) is 2. The molecule has 0 atom stereocenters. The molecule has 0 radical (unpaired) electrons. The summed E-state index contributed by atoms with van der Waals surface area (Å²) in [5, 5.41) is 0. The van der Waals surface area contributed by atoms with Gasteiger partial charge in [-0.3, -0.25) is 0 Å². The average Bonchev–Trinajstić information content (AvgIpc) is 3.64. The predicted octanol–water partition coefficient (Wildman–Crippen LogP) is 18.6. The Morgan fingerprint density at radius 3 is 0.809 bits per heavy atom. The number of hydrogen-bond donors (Lipinski definition) is 0. The van der Waals surface area contributed by atoms with Crippen LogP contribution in [0.25, 0.3) is 22.3 Å². The van der Waals surface area contributed by atoms with E-state index in [9.17, 15) is 0 Å². The summed E-state index contributed by atoms with van der Waals surface area (Å²) in [6.07, 6.45) is 4.33. The van der Waals surface area contributed by atoms with E-state index in [-0.39, 0.29) is 10.8 Å². The SMILES string of the molecule is Cc1cc(N(c2ccc(CC(C)C)cc2)c2ccc(CC(C)C)cc2)cc2c1-c1cc3c(cc1C2(C)C)-c1c(C)cc(N(c2ccc(CC(C)C)cc2)c2ccc(CC(C)C)cc2)cc1C3(C)C. The number of nitrogens with zero attached hydrogens (tertiary/aromatic N) is 2. The second-order valence-corrected chi connectivity index (χ2v) is 23.3. The van der Waals surface area contributed by atoms with Crippen LogP contribution in [-0.4, -0.2) is 0 Å². The van der Waals surface area contributed by atoms with Crippen LogP contribution in [0.2, 0.25) is 0 Å². The minimum absolute atomic E-state index is 0.199. The van der Waals surface area contributed by atoms with Gasteiger partial charge in [-0.2, -0.15) is 0 Å². The fourth-order valence-corrected chi connectivity index (χ4v) is 11.7. The summed E-state index contributed by atoms with van der Waals surface area (Å²) in [6, 6.07) is 52.3. The minimum atomic E-state index is -0.199. The molecule has 0 bridgehead atoms. The first kappa shape index (κ1) is 47.2. The van der Waals surface area contributed by atoms with E-state index in [0.29, 0.717) is 23.7 Å². The van der Waals surface area contributed by atoms with E-state index >= 15 is 0 Å². The molecule has 0 fully saturated rings. The standard InChI is InChI=1S/C66H76N2/c1-41(2)31-47-15-23-51(24-16-47)67(52-25-17-48(18-26-52)32-42(3)4)55-35-45(9)63-57-39-60-58(40-59(57)65(11,12)61(63)37-55)64-46(10)36-56(38-62(64)66(60,13)14)68(53-27-19-49(20-28-53)33-43(5)6)54-29-21-50(22-30-54)34-44(7)8/h15-30,35-44H,31-34H2,1-14H3. The summed E-state index contributed by atoms with van der Waals surface area (Å²) >= 11 is 0. The number of anilines is 6. The van der Waals surface area contributed by atoms with Gasteiger partial charge in [0.25, 0.3) is 0 Å². The van der Waals surface area contributed by atoms with Gasteiger partial charge in [-0.25, -0.2) is 0 Å². The third kappa shape index (κ3) is 8.85. The molecule has 7 aromatic rings. The predicted molar refractivity (Wildman–Crippen MR) is 295 cm³/mol. The van der Waals surface area contributed by atoms with Gasteiger partial charge in [0.05, 0.1) is 0 Å². The van der Waals surface area contributed by atoms with Gasteiger partial charge >= 0.3 is 0 Å². The van der Waals surface area contributed by atoms with E-state index in [0.717, 1.165) is 25.7 Å². The summed E-state index contributed by atoms with van der Waals surface area (Å²) in [5.41, 5.74) is 26.2. The average molecular weight is 897 g/mol. The van der Waals surface area contributed by atoms with Crippen LogP contribution in [-0.2, 0) is 36.5 Å². The van der Waals surface area contributed by atoms with Crippen LogP contribution in [0.15, 0.2) is 133 Å². The second kappa shape index (κ2) is 18.2. The third-order valence-corrected chi connectivity index (χ3v) is 14.9. The van der Waals surface area contributed by atoms with Crippen LogP contribution >= 0.6 is 0 Å². The van der Waals surface area contributed by atoms with Gasteiger partial charge in [-0.05, 0) is 226 Å². The van der Waals surface area contributed by atoms with Gasteiger partial charge in [0.1, 0.15) is 0 Å². The van der Waals surface area contributed by atoms with Crippen molar-refractivity contribution in [1.82, 2.24) is 0 Å². The van der Waals surface area contributed by atoms with Crippen molar-refractivity contribution in [2.45, 2.75) is 133 Å². The Labute approximate surface area is 410 Å². The second-order valence-electron chi connectivity index (χ2n) is 23.3. The van der Waals surface area contributed by atoms with Crippen LogP contribution in [0.1, 0.15) is 139 Å². The molecule has 2 nitrogen and oxygen atoms in total. The lowest BCUT2D eigenvalue weighted by atomic mass is 9.79. The lowest BCUT2D eigenvalue weighted by Crippen LogP contribution is -2.18. The highest BCUT2D eigenvalue weighted by atomic mass is 15.1. The Bertz CT molecular complexity index is 2630. The zero-order valence-corrected chi connectivity index (χ0v) is 43.7. The maximum Gasteiger partial charge on any atom is 0.0467 e. The number of aryl methyl sites for hydroxylation is 2. The van der Waals surface area contributed by atoms with Crippen molar-refractivity contribution in [3.63, 3.8) is 0 Å².